The van der Waals surface area contributed by atoms with Gasteiger partial charge in [-0.25, -0.2) is 14.1 Å². The Morgan fingerprint density at radius 1 is 1.12 bits per heavy atom. The molecule has 1 fully saturated rings. The molecule has 1 aliphatic heterocycles. The van der Waals surface area contributed by atoms with E-state index in [1.807, 2.05) is 0 Å². The summed E-state index contributed by atoms with van der Waals surface area (Å²) in [6.45, 7) is -0.0379. The molecular weight excluding hydrogens is 361 g/mol. The van der Waals surface area contributed by atoms with Crippen molar-refractivity contribution in [2.24, 2.45) is 10.9 Å². The summed E-state index contributed by atoms with van der Waals surface area (Å²) in [5.41, 5.74) is 0.489. The van der Waals surface area contributed by atoms with Crippen LogP contribution in [0.3, 0.4) is 0 Å². The van der Waals surface area contributed by atoms with Crippen molar-refractivity contribution in [1.82, 2.24) is 5.32 Å². The molecule has 2 aromatic rings. The Balaban J connectivity index is 1.83. The van der Waals surface area contributed by atoms with Gasteiger partial charge in [0.25, 0.3) is 5.91 Å². The topological polar surface area (TPSA) is 78.8 Å². The fraction of sp³-hybridized carbons (Fsp3) is 0.111. The number of carbonyl (C=O) groups is 3. The molecule has 1 atom stereocenters. The van der Waals surface area contributed by atoms with E-state index in [2.05, 4.69) is 10.3 Å². The van der Waals surface area contributed by atoms with Crippen LogP contribution in [0.4, 0.5) is 14.9 Å². The molecule has 0 aliphatic carbocycles. The number of rotatable bonds is 4. The molecule has 6 nitrogen and oxygen atoms in total. The van der Waals surface area contributed by atoms with Crippen molar-refractivity contribution < 1.29 is 18.8 Å². The predicted octanol–water partition coefficient (Wildman–Crippen LogP) is 2.95. The van der Waals surface area contributed by atoms with Crippen LogP contribution in [0, 0.1) is 11.7 Å². The number of hydrogen-bond donors (Lipinski definition) is 1. The van der Waals surface area contributed by atoms with Gasteiger partial charge in [-0.1, -0.05) is 41.9 Å². The number of para-hydroxylation sites is 1. The molecule has 0 aromatic heterocycles. The molecule has 2 aromatic carbocycles. The molecule has 0 bridgehead atoms. The van der Waals surface area contributed by atoms with Gasteiger partial charge in [0.15, 0.2) is 5.92 Å². The molecule has 0 radical (unpaired) electrons. The van der Waals surface area contributed by atoms with Gasteiger partial charge in [-0.2, -0.15) is 0 Å². The fourth-order valence-electron chi connectivity index (χ4n) is 2.47. The van der Waals surface area contributed by atoms with Gasteiger partial charge in [0, 0.05) is 11.8 Å². The number of benzene rings is 2. The molecule has 8 heteroatoms. The minimum atomic E-state index is -1.31. The highest BCUT2D eigenvalue weighted by Crippen LogP contribution is 2.28. The Bertz CT molecular complexity index is 916. The van der Waals surface area contributed by atoms with E-state index in [9.17, 15) is 18.8 Å². The molecule has 4 amide bonds. The number of imide groups is 2. The zero-order valence-electron chi connectivity index (χ0n) is 13.4. The molecule has 0 saturated carbocycles. The highest BCUT2D eigenvalue weighted by molar-refractivity contribution is 6.38. The van der Waals surface area contributed by atoms with Gasteiger partial charge in [-0.3, -0.25) is 19.9 Å². The van der Waals surface area contributed by atoms with Crippen LogP contribution in [-0.2, 0) is 16.1 Å². The number of amides is 4. The van der Waals surface area contributed by atoms with Crippen LogP contribution in [-0.4, -0.2) is 24.1 Å². The monoisotopic (exact) mass is 373 g/mol. The van der Waals surface area contributed by atoms with Gasteiger partial charge >= 0.3 is 6.03 Å². The van der Waals surface area contributed by atoms with E-state index in [1.54, 1.807) is 30.3 Å². The van der Waals surface area contributed by atoms with Crippen molar-refractivity contribution in [3.8, 4) is 0 Å². The standard InChI is InChI=1S/C18H13ClFN3O3/c19-13-6-2-4-8-15(13)23-17(25)12(16(24)22-18(23)26)10-21-9-11-5-1-3-7-14(11)20/h1-8,10,12H,9H2,(H,22,24,26). The lowest BCUT2D eigenvalue weighted by atomic mass is 10.1. The number of nitrogens with zero attached hydrogens (tertiary/aromatic N) is 2. The highest BCUT2D eigenvalue weighted by Gasteiger charge is 2.41. The van der Waals surface area contributed by atoms with Crippen LogP contribution in [0.1, 0.15) is 5.56 Å². The van der Waals surface area contributed by atoms with Crippen LogP contribution in [0.5, 0.6) is 0 Å². The Kier molecular flexibility index (Phi) is 5.09. The van der Waals surface area contributed by atoms with E-state index >= 15 is 0 Å². The molecule has 1 saturated heterocycles. The average Bonchev–Trinajstić information content (AvgIpc) is 2.60. The zero-order chi connectivity index (χ0) is 18.7. The second-order valence-electron chi connectivity index (χ2n) is 5.48. The number of aliphatic imine (C=N–C) groups is 1. The Morgan fingerprint density at radius 2 is 1.81 bits per heavy atom. The minimum Gasteiger partial charge on any atom is -0.291 e. The first-order chi connectivity index (χ1) is 12.5. The minimum absolute atomic E-state index is 0.0379. The normalized spacial score (nSPS) is 17.7. The summed E-state index contributed by atoms with van der Waals surface area (Å²) in [5.74, 6) is -3.31. The van der Waals surface area contributed by atoms with E-state index in [0.717, 1.165) is 11.1 Å². The molecule has 1 N–H and O–H groups in total. The number of nitrogens with one attached hydrogen (secondary N) is 1. The average molecular weight is 374 g/mol. The molecular formula is C18H13ClFN3O3. The lowest BCUT2D eigenvalue weighted by Crippen LogP contribution is -2.58. The number of anilines is 1. The molecule has 1 aliphatic rings. The van der Waals surface area contributed by atoms with Gasteiger partial charge < -0.3 is 0 Å². The van der Waals surface area contributed by atoms with Crippen LogP contribution >= 0.6 is 11.6 Å². The molecule has 26 heavy (non-hydrogen) atoms. The van der Waals surface area contributed by atoms with Gasteiger partial charge in [0.2, 0.25) is 5.91 Å². The summed E-state index contributed by atoms with van der Waals surface area (Å²) in [7, 11) is 0. The molecule has 3 rings (SSSR count). The van der Waals surface area contributed by atoms with Crippen LogP contribution in [0.15, 0.2) is 53.5 Å². The third kappa shape index (κ3) is 3.48. The number of urea groups is 1. The lowest BCUT2D eigenvalue weighted by molar-refractivity contribution is -0.131. The number of halogens is 2. The van der Waals surface area contributed by atoms with Gasteiger partial charge in [0.05, 0.1) is 17.3 Å². The summed E-state index contributed by atoms with van der Waals surface area (Å²) in [6, 6.07) is 11.4. The number of hydrogen-bond acceptors (Lipinski definition) is 4. The van der Waals surface area contributed by atoms with Gasteiger partial charge in [-0.15, -0.1) is 0 Å². The maximum atomic E-state index is 13.6. The van der Waals surface area contributed by atoms with Crippen molar-refractivity contribution in [2.75, 3.05) is 4.90 Å². The SMILES string of the molecule is O=C1NC(=O)N(c2ccccc2Cl)C(=O)C1C=NCc1ccccc1F. The van der Waals surface area contributed by atoms with E-state index in [0.29, 0.717) is 5.56 Å². The fourth-order valence-corrected chi connectivity index (χ4v) is 2.69. The van der Waals surface area contributed by atoms with E-state index in [-0.39, 0.29) is 17.3 Å². The predicted molar refractivity (Wildman–Crippen MR) is 94.6 cm³/mol. The Hall–Kier alpha value is -3.06. The molecule has 0 spiro atoms. The summed E-state index contributed by atoms with van der Waals surface area (Å²) >= 11 is 6.04. The summed E-state index contributed by atoms with van der Waals surface area (Å²) in [5, 5.41) is 2.29. The van der Waals surface area contributed by atoms with Crippen LogP contribution in [0.2, 0.25) is 5.02 Å². The van der Waals surface area contributed by atoms with Crippen molar-refractivity contribution in [1.29, 1.82) is 0 Å². The first kappa shape index (κ1) is 17.8. The Labute approximate surface area is 153 Å². The maximum Gasteiger partial charge on any atom is 0.335 e. The molecule has 132 valence electrons. The van der Waals surface area contributed by atoms with Crippen molar-refractivity contribution >= 4 is 41.3 Å². The quantitative estimate of drug-likeness (QED) is 0.661. The largest absolute Gasteiger partial charge is 0.335 e. The van der Waals surface area contributed by atoms with Crippen LogP contribution in [0.25, 0.3) is 0 Å². The molecule has 1 unspecified atom stereocenters. The third-order valence-electron chi connectivity index (χ3n) is 3.77. The number of barbiturate groups is 1. The van der Waals surface area contributed by atoms with E-state index < -0.39 is 29.6 Å². The maximum absolute atomic E-state index is 13.6. The summed E-state index contributed by atoms with van der Waals surface area (Å²) < 4.78 is 13.6. The first-order valence-corrected chi connectivity index (χ1v) is 8.03. The Morgan fingerprint density at radius 3 is 2.54 bits per heavy atom. The van der Waals surface area contributed by atoms with Crippen LogP contribution < -0.4 is 10.2 Å². The molecule has 1 heterocycles. The summed E-state index contributed by atoms with van der Waals surface area (Å²) in [4.78, 5) is 41.5. The van der Waals surface area contributed by atoms with Gasteiger partial charge in [0.1, 0.15) is 5.82 Å². The number of carbonyl (C=O) groups excluding carboxylic acids is 3. The first-order valence-electron chi connectivity index (χ1n) is 7.65. The van der Waals surface area contributed by atoms with E-state index in [1.165, 1.54) is 18.2 Å². The highest BCUT2D eigenvalue weighted by atomic mass is 35.5. The second-order valence-corrected chi connectivity index (χ2v) is 5.89. The second kappa shape index (κ2) is 7.45. The van der Waals surface area contributed by atoms with Crippen molar-refractivity contribution in [2.45, 2.75) is 6.54 Å². The van der Waals surface area contributed by atoms with Crippen molar-refractivity contribution in [3.63, 3.8) is 0 Å². The van der Waals surface area contributed by atoms with Gasteiger partial charge in [-0.05, 0) is 18.2 Å². The smallest absolute Gasteiger partial charge is 0.291 e. The summed E-state index contributed by atoms with van der Waals surface area (Å²) in [6.07, 6.45) is 1.11. The van der Waals surface area contributed by atoms with Crippen molar-refractivity contribution in [3.05, 3.63) is 64.9 Å². The zero-order valence-corrected chi connectivity index (χ0v) is 14.1. The van der Waals surface area contributed by atoms with E-state index in [4.69, 9.17) is 11.6 Å². The third-order valence-corrected chi connectivity index (χ3v) is 4.09. The lowest BCUT2D eigenvalue weighted by Gasteiger charge is -2.29.